The lowest BCUT2D eigenvalue weighted by Gasteiger charge is -2.09. The van der Waals surface area contributed by atoms with Crippen molar-refractivity contribution in [3.63, 3.8) is 0 Å². The molecule has 8 rings (SSSR count). The minimum Gasteiger partial charge on any atom is -0.298 e. The fourth-order valence-electron chi connectivity index (χ4n) is 5.15. The Morgan fingerprint density at radius 1 is 0.581 bits per heavy atom. The van der Waals surface area contributed by atoms with Gasteiger partial charge in [0.2, 0.25) is 0 Å². The van der Waals surface area contributed by atoms with Crippen molar-refractivity contribution in [3.05, 3.63) is 85.2 Å². The van der Waals surface area contributed by atoms with E-state index in [0.29, 0.717) is 0 Å². The SMILES string of the molecule is c1ccc2c(c1)sc1c2ccc2c1sc1ccc3c4ccccc4c4nccn4c3c12. The molecule has 4 aromatic carbocycles. The number of hydrogen-bond donors (Lipinski definition) is 0. The normalized spacial score (nSPS) is 12.5. The summed E-state index contributed by atoms with van der Waals surface area (Å²) < 4.78 is 7.76. The number of benzene rings is 4. The van der Waals surface area contributed by atoms with E-state index in [1.54, 1.807) is 0 Å². The van der Waals surface area contributed by atoms with Gasteiger partial charge in [0.15, 0.2) is 0 Å². The summed E-state index contributed by atoms with van der Waals surface area (Å²) in [5.74, 6) is 0. The van der Waals surface area contributed by atoms with Gasteiger partial charge in [-0.15, -0.1) is 22.7 Å². The largest absolute Gasteiger partial charge is 0.298 e. The van der Waals surface area contributed by atoms with E-state index in [4.69, 9.17) is 4.98 Å². The second kappa shape index (κ2) is 5.61. The van der Waals surface area contributed by atoms with Crippen LogP contribution in [0.3, 0.4) is 0 Å². The fourth-order valence-corrected chi connectivity index (χ4v) is 7.70. The van der Waals surface area contributed by atoms with Gasteiger partial charge in [0.1, 0.15) is 5.65 Å². The molecule has 0 radical (unpaired) electrons. The van der Waals surface area contributed by atoms with Crippen LogP contribution in [-0.2, 0) is 0 Å². The maximum absolute atomic E-state index is 4.72. The molecule has 0 bridgehead atoms. The third-order valence-corrected chi connectivity index (χ3v) is 8.98. The number of nitrogens with zero attached hydrogens (tertiary/aromatic N) is 2. The Morgan fingerprint density at radius 2 is 1.29 bits per heavy atom. The zero-order valence-corrected chi connectivity index (χ0v) is 17.9. The summed E-state index contributed by atoms with van der Waals surface area (Å²) in [6.07, 6.45) is 4.02. The Kier molecular flexibility index (Phi) is 2.94. The van der Waals surface area contributed by atoms with Crippen molar-refractivity contribution in [2.75, 3.05) is 0 Å². The van der Waals surface area contributed by atoms with Gasteiger partial charge >= 0.3 is 0 Å². The highest BCUT2D eigenvalue weighted by atomic mass is 32.1. The summed E-state index contributed by atoms with van der Waals surface area (Å²) in [4.78, 5) is 4.72. The molecule has 4 heteroatoms. The third-order valence-electron chi connectivity index (χ3n) is 6.46. The summed E-state index contributed by atoms with van der Waals surface area (Å²) in [5.41, 5.74) is 2.29. The molecule has 8 aromatic rings. The van der Waals surface area contributed by atoms with Crippen LogP contribution in [0, 0.1) is 0 Å². The monoisotopic (exact) mass is 430 g/mol. The van der Waals surface area contributed by atoms with Crippen molar-refractivity contribution in [2.45, 2.75) is 0 Å². The minimum absolute atomic E-state index is 1.03. The Morgan fingerprint density at radius 3 is 2.23 bits per heavy atom. The molecule has 2 nitrogen and oxygen atoms in total. The van der Waals surface area contributed by atoms with Gasteiger partial charge in [0.05, 0.1) is 14.9 Å². The molecule has 0 aliphatic rings. The van der Waals surface area contributed by atoms with Crippen LogP contribution in [0.2, 0.25) is 0 Å². The standard InChI is InChI=1S/C27H14N2S2/c1-2-7-19-15(5-1)17-11-12-22-23(24(17)29-14-13-28-27(19)29)20-10-9-18-16-6-3-4-8-21(16)30-25(18)26(20)31-22/h1-14H. The fraction of sp³-hybridized carbons (Fsp3) is 0. The molecule has 0 N–H and O–H groups in total. The summed E-state index contributed by atoms with van der Waals surface area (Å²) in [6, 6.07) is 26.6. The Bertz CT molecular complexity index is 2000. The van der Waals surface area contributed by atoms with Gasteiger partial charge in [-0.05, 0) is 17.5 Å². The van der Waals surface area contributed by atoms with E-state index < -0.39 is 0 Å². The molecule has 4 heterocycles. The van der Waals surface area contributed by atoms with Crippen molar-refractivity contribution in [1.29, 1.82) is 0 Å². The molecule has 0 aliphatic heterocycles. The number of aromatic nitrogens is 2. The van der Waals surface area contributed by atoms with Crippen LogP contribution in [0.1, 0.15) is 0 Å². The van der Waals surface area contributed by atoms with Gasteiger partial charge in [-0.25, -0.2) is 4.98 Å². The zero-order chi connectivity index (χ0) is 20.1. The predicted octanol–water partition coefficient (Wildman–Crippen LogP) is 8.38. The first-order chi connectivity index (χ1) is 15.4. The van der Waals surface area contributed by atoms with E-state index in [0.717, 1.165) is 5.65 Å². The average Bonchev–Trinajstić information content (AvgIpc) is 3.53. The molecule has 0 saturated carbocycles. The molecule has 0 fully saturated rings. The smallest absolute Gasteiger partial charge is 0.145 e. The van der Waals surface area contributed by atoms with Crippen LogP contribution in [-0.4, -0.2) is 9.38 Å². The number of pyridine rings is 1. The van der Waals surface area contributed by atoms with Gasteiger partial charge in [-0.1, -0.05) is 60.7 Å². The van der Waals surface area contributed by atoms with Crippen LogP contribution in [0.5, 0.6) is 0 Å². The van der Waals surface area contributed by atoms with E-state index in [1.165, 1.54) is 62.0 Å². The zero-order valence-electron chi connectivity index (χ0n) is 16.3. The first kappa shape index (κ1) is 16.3. The van der Waals surface area contributed by atoms with Gasteiger partial charge < -0.3 is 0 Å². The van der Waals surface area contributed by atoms with Crippen LogP contribution >= 0.6 is 22.7 Å². The van der Waals surface area contributed by atoms with E-state index in [2.05, 4.69) is 83.4 Å². The second-order valence-electron chi connectivity index (χ2n) is 8.02. The lowest BCUT2D eigenvalue weighted by Crippen LogP contribution is -1.91. The molecule has 144 valence electrons. The molecule has 0 saturated heterocycles. The van der Waals surface area contributed by atoms with Crippen LogP contribution < -0.4 is 0 Å². The summed E-state index contributed by atoms with van der Waals surface area (Å²) >= 11 is 3.83. The highest BCUT2D eigenvalue weighted by Crippen LogP contribution is 2.46. The number of thiophene rings is 2. The van der Waals surface area contributed by atoms with Crippen LogP contribution in [0.25, 0.3) is 67.7 Å². The Hall–Kier alpha value is -3.47. The Labute approximate surface area is 184 Å². The van der Waals surface area contributed by atoms with E-state index in [-0.39, 0.29) is 0 Å². The molecule has 31 heavy (non-hydrogen) atoms. The molecule has 0 amide bonds. The first-order valence-electron chi connectivity index (χ1n) is 10.3. The summed E-state index contributed by atoms with van der Waals surface area (Å²) in [6.45, 7) is 0. The maximum Gasteiger partial charge on any atom is 0.145 e. The number of fused-ring (bicyclic) bond motifs is 14. The first-order valence-corrected chi connectivity index (χ1v) is 11.9. The van der Waals surface area contributed by atoms with Crippen molar-refractivity contribution in [1.82, 2.24) is 9.38 Å². The highest BCUT2D eigenvalue weighted by molar-refractivity contribution is 7.33. The number of hydrogen-bond acceptors (Lipinski definition) is 3. The van der Waals surface area contributed by atoms with Crippen molar-refractivity contribution < 1.29 is 0 Å². The maximum atomic E-state index is 4.72. The second-order valence-corrected chi connectivity index (χ2v) is 10.1. The van der Waals surface area contributed by atoms with E-state index in [1.807, 2.05) is 28.9 Å². The van der Waals surface area contributed by atoms with Crippen molar-refractivity contribution in [2.24, 2.45) is 0 Å². The molecular formula is C27H14N2S2. The lowest BCUT2D eigenvalue weighted by molar-refractivity contribution is 1.28. The average molecular weight is 431 g/mol. The minimum atomic E-state index is 1.03. The molecular weight excluding hydrogens is 416 g/mol. The molecule has 0 aliphatic carbocycles. The quantitative estimate of drug-likeness (QED) is 0.221. The van der Waals surface area contributed by atoms with Gasteiger partial charge in [0, 0.05) is 54.1 Å². The number of imidazole rings is 1. The number of rotatable bonds is 0. The Balaban J connectivity index is 1.67. The third kappa shape index (κ3) is 1.95. The van der Waals surface area contributed by atoms with Crippen molar-refractivity contribution in [3.8, 4) is 0 Å². The van der Waals surface area contributed by atoms with Crippen molar-refractivity contribution >= 4 is 90.3 Å². The van der Waals surface area contributed by atoms with Crippen LogP contribution in [0.4, 0.5) is 0 Å². The molecule has 4 aromatic heterocycles. The van der Waals surface area contributed by atoms with E-state index in [9.17, 15) is 0 Å². The van der Waals surface area contributed by atoms with Gasteiger partial charge in [-0.3, -0.25) is 4.40 Å². The molecule has 0 unspecified atom stereocenters. The summed E-state index contributed by atoms with van der Waals surface area (Å²) in [7, 11) is 0. The highest BCUT2D eigenvalue weighted by Gasteiger charge is 2.17. The predicted molar refractivity (Wildman–Crippen MR) is 136 cm³/mol. The summed E-state index contributed by atoms with van der Waals surface area (Å²) in [5, 5.41) is 9.15. The van der Waals surface area contributed by atoms with Gasteiger partial charge in [-0.2, -0.15) is 0 Å². The topological polar surface area (TPSA) is 17.3 Å². The van der Waals surface area contributed by atoms with E-state index >= 15 is 0 Å². The van der Waals surface area contributed by atoms with Gasteiger partial charge in [0.25, 0.3) is 0 Å². The lowest BCUT2D eigenvalue weighted by atomic mass is 10.0. The van der Waals surface area contributed by atoms with Crippen LogP contribution in [0.15, 0.2) is 85.2 Å². The molecule has 0 atom stereocenters. The molecule has 0 spiro atoms.